The number of oxime groups is 1. The van der Waals surface area contributed by atoms with Crippen molar-refractivity contribution in [1.29, 1.82) is 0 Å². The SMILES string of the molecule is CCc1nccn1-c1cccc(SC)c1/C(N)=N/O. The van der Waals surface area contributed by atoms with E-state index in [9.17, 15) is 0 Å². The summed E-state index contributed by atoms with van der Waals surface area (Å²) >= 11 is 1.56. The van der Waals surface area contributed by atoms with Gasteiger partial charge in [0.05, 0.1) is 11.3 Å². The van der Waals surface area contributed by atoms with Gasteiger partial charge in [-0.1, -0.05) is 18.1 Å². The Bertz CT molecular complexity index is 606. The first-order valence-corrected chi connectivity index (χ1v) is 7.12. The Kier molecular flexibility index (Phi) is 4.11. The molecule has 100 valence electrons. The van der Waals surface area contributed by atoms with Gasteiger partial charge in [-0.15, -0.1) is 11.8 Å². The second-order valence-electron chi connectivity index (χ2n) is 3.91. The van der Waals surface area contributed by atoms with E-state index in [1.165, 1.54) is 0 Å². The number of thioether (sulfide) groups is 1. The van der Waals surface area contributed by atoms with Crippen LogP contribution in [0.1, 0.15) is 18.3 Å². The highest BCUT2D eigenvalue weighted by atomic mass is 32.2. The van der Waals surface area contributed by atoms with E-state index in [4.69, 9.17) is 10.9 Å². The number of hydrogen-bond acceptors (Lipinski definition) is 4. The maximum absolute atomic E-state index is 8.99. The molecule has 0 aliphatic rings. The molecule has 0 atom stereocenters. The molecule has 3 N–H and O–H groups in total. The van der Waals surface area contributed by atoms with Crippen LogP contribution in [0.3, 0.4) is 0 Å². The molecule has 0 aliphatic heterocycles. The number of aromatic nitrogens is 2. The van der Waals surface area contributed by atoms with Gasteiger partial charge in [0.25, 0.3) is 0 Å². The van der Waals surface area contributed by atoms with Gasteiger partial charge in [-0.3, -0.25) is 0 Å². The summed E-state index contributed by atoms with van der Waals surface area (Å²) < 4.78 is 1.97. The first-order chi connectivity index (χ1) is 9.22. The van der Waals surface area contributed by atoms with Crippen molar-refractivity contribution in [2.24, 2.45) is 10.9 Å². The summed E-state index contributed by atoms with van der Waals surface area (Å²) in [6.07, 6.45) is 6.40. The van der Waals surface area contributed by atoms with Gasteiger partial charge in [-0.05, 0) is 18.4 Å². The molecule has 0 radical (unpaired) electrons. The normalized spacial score (nSPS) is 11.8. The molecule has 1 aromatic carbocycles. The van der Waals surface area contributed by atoms with Crippen molar-refractivity contribution >= 4 is 17.6 Å². The Balaban J connectivity index is 2.70. The Hall–Kier alpha value is -1.95. The Morgan fingerprint density at radius 2 is 2.32 bits per heavy atom. The van der Waals surface area contributed by atoms with E-state index in [2.05, 4.69) is 10.1 Å². The van der Waals surface area contributed by atoms with Crippen LogP contribution >= 0.6 is 11.8 Å². The van der Waals surface area contributed by atoms with Crippen molar-refractivity contribution in [2.45, 2.75) is 18.2 Å². The van der Waals surface area contributed by atoms with E-state index in [-0.39, 0.29) is 5.84 Å². The lowest BCUT2D eigenvalue weighted by atomic mass is 10.1. The summed E-state index contributed by atoms with van der Waals surface area (Å²) in [5.41, 5.74) is 7.42. The Morgan fingerprint density at radius 3 is 2.95 bits per heavy atom. The number of benzene rings is 1. The molecule has 0 amide bonds. The van der Waals surface area contributed by atoms with Gasteiger partial charge in [0.1, 0.15) is 5.82 Å². The second kappa shape index (κ2) is 5.79. The fourth-order valence-corrected chi connectivity index (χ4v) is 2.64. The summed E-state index contributed by atoms with van der Waals surface area (Å²) in [5, 5.41) is 12.1. The van der Waals surface area contributed by atoms with Crippen LogP contribution in [-0.4, -0.2) is 26.8 Å². The average molecular weight is 276 g/mol. The largest absolute Gasteiger partial charge is 0.409 e. The second-order valence-corrected chi connectivity index (χ2v) is 4.75. The van der Waals surface area contributed by atoms with E-state index in [0.29, 0.717) is 0 Å². The van der Waals surface area contributed by atoms with E-state index in [1.807, 2.05) is 42.1 Å². The van der Waals surface area contributed by atoms with Crippen LogP contribution in [0.15, 0.2) is 40.6 Å². The molecule has 0 saturated heterocycles. The van der Waals surface area contributed by atoms with Crippen LogP contribution in [0, 0.1) is 0 Å². The Morgan fingerprint density at radius 1 is 1.53 bits per heavy atom. The molecule has 2 rings (SSSR count). The topological polar surface area (TPSA) is 76.4 Å². The van der Waals surface area contributed by atoms with E-state index < -0.39 is 0 Å². The van der Waals surface area contributed by atoms with Gasteiger partial charge in [-0.25, -0.2) is 4.98 Å². The molecular formula is C13H16N4OS. The first-order valence-electron chi connectivity index (χ1n) is 5.90. The highest BCUT2D eigenvalue weighted by molar-refractivity contribution is 7.98. The monoisotopic (exact) mass is 276 g/mol. The lowest BCUT2D eigenvalue weighted by molar-refractivity contribution is 0.318. The molecule has 0 spiro atoms. The summed E-state index contributed by atoms with van der Waals surface area (Å²) in [6.45, 7) is 2.04. The number of imidazole rings is 1. The fourth-order valence-electron chi connectivity index (χ4n) is 2.01. The zero-order valence-corrected chi connectivity index (χ0v) is 11.7. The summed E-state index contributed by atoms with van der Waals surface area (Å²) in [7, 11) is 0. The molecule has 6 heteroatoms. The van der Waals surface area contributed by atoms with Crippen molar-refractivity contribution in [3.8, 4) is 5.69 Å². The standard InChI is InChI=1S/C13H16N4OS/c1-3-11-15-7-8-17(11)9-5-4-6-10(19-2)12(9)13(14)16-18/h4-8,18H,3H2,1-2H3,(H2,14,16). The number of rotatable bonds is 4. The molecular weight excluding hydrogens is 260 g/mol. The minimum atomic E-state index is 0.107. The van der Waals surface area contributed by atoms with Crippen LogP contribution in [0.5, 0.6) is 0 Å². The van der Waals surface area contributed by atoms with Crippen LogP contribution in [-0.2, 0) is 6.42 Å². The van der Waals surface area contributed by atoms with Crippen molar-refractivity contribution in [1.82, 2.24) is 9.55 Å². The predicted molar refractivity (Wildman–Crippen MR) is 77.2 cm³/mol. The molecule has 1 heterocycles. The first kappa shape index (κ1) is 13.5. The third-order valence-corrected chi connectivity index (χ3v) is 3.66. The van der Waals surface area contributed by atoms with Crippen LogP contribution in [0.4, 0.5) is 0 Å². The minimum absolute atomic E-state index is 0.107. The highest BCUT2D eigenvalue weighted by Crippen LogP contribution is 2.26. The Labute approximate surface area is 116 Å². The molecule has 0 fully saturated rings. The zero-order valence-electron chi connectivity index (χ0n) is 10.9. The van der Waals surface area contributed by atoms with Crippen molar-refractivity contribution in [2.75, 3.05) is 6.26 Å². The maximum atomic E-state index is 8.99. The third-order valence-electron chi connectivity index (χ3n) is 2.88. The maximum Gasteiger partial charge on any atom is 0.173 e. The van der Waals surface area contributed by atoms with Crippen molar-refractivity contribution in [3.05, 3.63) is 42.0 Å². The lowest BCUT2D eigenvalue weighted by Crippen LogP contribution is -2.18. The summed E-state index contributed by atoms with van der Waals surface area (Å²) in [5.74, 6) is 1.04. The average Bonchev–Trinajstić information content (AvgIpc) is 2.93. The van der Waals surface area contributed by atoms with Crippen molar-refractivity contribution < 1.29 is 5.21 Å². The van der Waals surface area contributed by atoms with Gasteiger partial charge < -0.3 is 15.5 Å². The molecule has 0 aliphatic carbocycles. The third kappa shape index (κ3) is 2.44. The zero-order chi connectivity index (χ0) is 13.8. The van der Waals surface area contributed by atoms with Gasteiger partial charge in [-0.2, -0.15) is 0 Å². The highest BCUT2D eigenvalue weighted by Gasteiger charge is 2.15. The quantitative estimate of drug-likeness (QED) is 0.295. The number of amidine groups is 1. The smallest absolute Gasteiger partial charge is 0.173 e. The van der Waals surface area contributed by atoms with Crippen molar-refractivity contribution in [3.63, 3.8) is 0 Å². The number of nitrogens with zero attached hydrogens (tertiary/aromatic N) is 3. The molecule has 1 aromatic heterocycles. The predicted octanol–water partition coefficient (Wildman–Crippen LogP) is 2.25. The van der Waals surface area contributed by atoms with E-state index in [1.54, 1.807) is 18.0 Å². The van der Waals surface area contributed by atoms with Gasteiger partial charge >= 0.3 is 0 Å². The molecule has 0 saturated carbocycles. The fraction of sp³-hybridized carbons (Fsp3) is 0.231. The van der Waals surface area contributed by atoms with Gasteiger partial charge in [0.2, 0.25) is 0 Å². The van der Waals surface area contributed by atoms with E-state index >= 15 is 0 Å². The molecule has 0 bridgehead atoms. The number of aryl methyl sites for hydroxylation is 1. The van der Waals surface area contributed by atoms with E-state index in [0.717, 1.165) is 28.4 Å². The van der Waals surface area contributed by atoms with Crippen LogP contribution < -0.4 is 5.73 Å². The summed E-state index contributed by atoms with van der Waals surface area (Å²) in [4.78, 5) is 5.27. The van der Waals surface area contributed by atoms with Gasteiger partial charge in [0, 0.05) is 23.7 Å². The van der Waals surface area contributed by atoms with Crippen LogP contribution in [0.2, 0.25) is 0 Å². The minimum Gasteiger partial charge on any atom is -0.409 e. The van der Waals surface area contributed by atoms with Crippen LogP contribution in [0.25, 0.3) is 5.69 Å². The van der Waals surface area contributed by atoms with Gasteiger partial charge in [0.15, 0.2) is 5.84 Å². The lowest BCUT2D eigenvalue weighted by Gasteiger charge is -2.14. The molecule has 0 unspecified atom stereocenters. The molecule has 5 nitrogen and oxygen atoms in total. The number of hydrogen-bond donors (Lipinski definition) is 2. The molecule has 2 aromatic rings. The molecule has 19 heavy (non-hydrogen) atoms. The number of nitrogens with two attached hydrogens (primary N) is 1. The summed E-state index contributed by atoms with van der Waals surface area (Å²) in [6, 6.07) is 5.84.